The molecule has 0 aromatic rings. The number of aliphatic hydroxyl groups excluding tert-OH is 1. The van der Waals surface area contributed by atoms with Gasteiger partial charge in [-0.15, -0.1) is 0 Å². The van der Waals surface area contributed by atoms with Gasteiger partial charge in [0.25, 0.3) is 0 Å². The van der Waals surface area contributed by atoms with Crippen LogP contribution in [0.1, 0.15) is 477 Å². The van der Waals surface area contributed by atoms with Crippen LogP contribution in [0.3, 0.4) is 0 Å². The summed E-state index contributed by atoms with van der Waals surface area (Å²) >= 11 is 0. The van der Waals surface area contributed by atoms with Gasteiger partial charge in [0, 0.05) is 25.7 Å². The molecule has 0 aliphatic heterocycles. The summed E-state index contributed by atoms with van der Waals surface area (Å²) in [6.45, 7) is 5.01. The quantitative estimate of drug-likeness (QED) is 0.0169. The van der Waals surface area contributed by atoms with Crippen molar-refractivity contribution in [1.29, 1.82) is 0 Å². The van der Waals surface area contributed by atoms with Crippen molar-refractivity contribution in [3.8, 4) is 0 Å². The first kappa shape index (κ1) is 108. The summed E-state index contributed by atoms with van der Waals surface area (Å²) in [6.07, 6.45) is 84.3. The largest absolute Gasteiger partial charge is 0.472 e. The predicted octanol–water partition coefficient (Wildman–Crippen LogP) is 28.0. The first-order chi connectivity index (χ1) is 53.7. The van der Waals surface area contributed by atoms with Gasteiger partial charge in [0.2, 0.25) is 0 Å². The van der Waals surface area contributed by atoms with Gasteiger partial charge in [0.1, 0.15) is 19.3 Å². The summed E-state index contributed by atoms with van der Waals surface area (Å²) in [4.78, 5) is 73.4. The maximum absolute atomic E-state index is 13.2. The van der Waals surface area contributed by atoms with Crippen LogP contribution in [0, 0.1) is 0 Å². The average molecular weight is 1600 g/mol. The highest BCUT2D eigenvalue weighted by atomic mass is 31.2. The summed E-state index contributed by atoms with van der Waals surface area (Å²) < 4.78 is 69.0. The Morgan fingerprint density at radius 1 is 0.255 bits per heavy atom. The molecule has 3 N–H and O–H groups in total. The molecule has 650 valence electrons. The Hall–Kier alpha value is -2.46. The molecule has 0 rings (SSSR count). The van der Waals surface area contributed by atoms with Gasteiger partial charge in [-0.3, -0.25) is 37.3 Å². The molecule has 0 aromatic heterocycles. The summed E-state index contributed by atoms with van der Waals surface area (Å²) in [6, 6.07) is 0. The van der Waals surface area contributed by atoms with Gasteiger partial charge in [-0.05, 0) is 51.4 Å². The zero-order valence-electron chi connectivity index (χ0n) is 71.7. The minimum atomic E-state index is -4.97. The number of unbranched alkanes of at least 4 members (excludes halogenated alkanes) is 61. The summed E-state index contributed by atoms with van der Waals surface area (Å²) in [7, 11) is -9.95. The third kappa shape index (κ3) is 83.5. The lowest BCUT2D eigenvalue weighted by molar-refractivity contribution is -0.161. The maximum atomic E-state index is 13.2. The molecule has 19 heteroatoms. The third-order valence-electron chi connectivity index (χ3n) is 21.0. The minimum Gasteiger partial charge on any atom is -0.462 e. The van der Waals surface area contributed by atoms with E-state index < -0.39 is 97.5 Å². The van der Waals surface area contributed by atoms with Crippen LogP contribution in [-0.2, 0) is 65.4 Å². The number of hydrogen-bond acceptors (Lipinski definition) is 15. The average Bonchev–Trinajstić information content (AvgIpc) is 0.900. The zero-order valence-corrected chi connectivity index (χ0v) is 73.5. The van der Waals surface area contributed by atoms with E-state index in [4.69, 9.17) is 37.0 Å². The highest BCUT2D eigenvalue weighted by Gasteiger charge is 2.30. The van der Waals surface area contributed by atoms with Crippen molar-refractivity contribution < 1.29 is 80.2 Å². The molecule has 17 nitrogen and oxygen atoms in total. The molecular weight excluding hydrogens is 1430 g/mol. The molecule has 0 amide bonds. The number of phosphoric ester groups is 2. The molecule has 0 fully saturated rings. The van der Waals surface area contributed by atoms with Crippen molar-refractivity contribution in [2.75, 3.05) is 39.6 Å². The van der Waals surface area contributed by atoms with Crippen LogP contribution in [-0.4, -0.2) is 96.7 Å². The van der Waals surface area contributed by atoms with E-state index in [2.05, 4.69) is 52.0 Å². The number of ether oxygens (including phenoxy) is 4. The van der Waals surface area contributed by atoms with Crippen molar-refractivity contribution in [1.82, 2.24) is 0 Å². The SMILES string of the molecule is CCCCCC/C=C\C=C/CCCCCCCC(=O)O[C@H](COC(=O)CCCCCCCCCCCCCC)COP(=O)(O)OC[C@H](O)COP(=O)(O)OC[C@@H](COC(=O)CCCCCCCCCCCCCCCCCCCCCCC)OC(=O)CCCCCCCCCCCCCCCCCCCCCCCC. The van der Waals surface area contributed by atoms with Crippen LogP contribution in [0.5, 0.6) is 0 Å². The standard InChI is InChI=1S/C91H174O17P2/c1-5-9-13-17-21-25-29-33-36-38-40-42-44-46-48-51-54-58-62-66-70-74-78-91(96)108-87(82-102-89(94)76-72-68-64-60-56-52-50-47-45-43-41-39-37-34-30-26-22-18-14-10-6-2)84-106-110(99,100)104-80-85(92)79-103-109(97,98)105-83-86(81-101-88(93)75-71-67-63-59-55-32-28-24-20-16-12-8-4)107-90(95)77-73-69-65-61-57-53-49-35-31-27-23-19-15-11-7-3/h27,31,35,49,85-87,92H,5-26,28-30,32-34,36-48,50-84H2,1-4H3,(H,97,98)(H,99,100)/b31-27-,49-35-/t85-,86+,87+/m0/s1. The Morgan fingerprint density at radius 3 is 0.664 bits per heavy atom. The number of phosphoric acid groups is 2. The Labute approximate surface area is 675 Å². The number of esters is 4. The number of allylic oxidation sites excluding steroid dienone is 4. The van der Waals surface area contributed by atoms with Gasteiger partial charge in [0.15, 0.2) is 12.2 Å². The molecule has 0 heterocycles. The molecule has 0 saturated carbocycles. The lowest BCUT2D eigenvalue weighted by atomic mass is 10.0. The molecular formula is C91H174O17P2. The van der Waals surface area contributed by atoms with E-state index in [0.29, 0.717) is 25.7 Å². The van der Waals surface area contributed by atoms with E-state index in [1.165, 1.54) is 295 Å². The number of carbonyl (C=O) groups excluding carboxylic acids is 4. The second kappa shape index (κ2) is 84.5. The van der Waals surface area contributed by atoms with E-state index >= 15 is 0 Å². The summed E-state index contributed by atoms with van der Waals surface area (Å²) in [5.41, 5.74) is 0. The Bertz CT molecular complexity index is 2160. The molecule has 0 bridgehead atoms. The molecule has 0 aliphatic rings. The van der Waals surface area contributed by atoms with Crippen molar-refractivity contribution in [2.24, 2.45) is 0 Å². The molecule has 110 heavy (non-hydrogen) atoms. The van der Waals surface area contributed by atoms with E-state index in [0.717, 1.165) is 103 Å². The van der Waals surface area contributed by atoms with Crippen molar-refractivity contribution >= 4 is 39.5 Å². The van der Waals surface area contributed by atoms with Gasteiger partial charge < -0.3 is 33.8 Å². The fraction of sp³-hybridized carbons (Fsp3) is 0.912. The summed E-state index contributed by atoms with van der Waals surface area (Å²) in [5.74, 6) is -2.12. The van der Waals surface area contributed by atoms with E-state index in [1.807, 2.05) is 0 Å². The molecule has 0 radical (unpaired) electrons. The zero-order chi connectivity index (χ0) is 80.3. The van der Waals surface area contributed by atoms with Crippen LogP contribution in [0.2, 0.25) is 0 Å². The van der Waals surface area contributed by atoms with Crippen LogP contribution < -0.4 is 0 Å². The normalized spacial score (nSPS) is 13.8. The second-order valence-electron chi connectivity index (χ2n) is 32.0. The van der Waals surface area contributed by atoms with Crippen molar-refractivity contribution in [3.05, 3.63) is 24.3 Å². The molecule has 0 aromatic carbocycles. The van der Waals surface area contributed by atoms with Crippen LogP contribution >= 0.6 is 15.6 Å². The number of rotatable bonds is 90. The van der Waals surface area contributed by atoms with Crippen molar-refractivity contribution in [3.63, 3.8) is 0 Å². The summed E-state index contributed by atoms with van der Waals surface area (Å²) in [5, 5.41) is 10.7. The van der Waals surface area contributed by atoms with E-state index in [-0.39, 0.29) is 25.7 Å². The Balaban J connectivity index is 5.25. The van der Waals surface area contributed by atoms with Gasteiger partial charge in [-0.2, -0.15) is 0 Å². The molecule has 2 unspecified atom stereocenters. The first-order valence-electron chi connectivity index (χ1n) is 46.6. The smallest absolute Gasteiger partial charge is 0.462 e. The first-order valence-corrected chi connectivity index (χ1v) is 49.6. The van der Waals surface area contributed by atoms with Crippen LogP contribution in [0.15, 0.2) is 24.3 Å². The Kier molecular flexibility index (Phi) is 82.6. The molecule has 5 atom stereocenters. The highest BCUT2D eigenvalue weighted by Crippen LogP contribution is 2.45. The lowest BCUT2D eigenvalue weighted by Crippen LogP contribution is -2.30. The van der Waals surface area contributed by atoms with E-state index in [9.17, 15) is 43.2 Å². The fourth-order valence-electron chi connectivity index (χ4n) is 13.9. The van der Waals surface area contributed by atoms with Gasteiger partial charge in [-0.1, -0.05) is 424 Å². The Morgan fingerprint density at radius 2 is 0.436 bits per heavy atom. The third-order valence-corrected chi connectivity index (χ3v) is 22.9. The van der Waals surface area contributed by atoms with Crippen LogP contribution in [0.4, 0.5) is 0 Å². The lowest BCUT2D eigenvalue weighted by Gasteiger charge is -2.21. The highest BCUT2D eigenvalue weighted by molar-refractivity contribution is 7.47. The topological polar surface area (TPSA) is 237 Å². The second-order valence-corrected chi connectivity index (χ2v) is 34.9. The number of hydrogen-bond donors (Lipinski definition) is 3. The van der Waals surface area contributed by atoms with Gasteiger partial charge in [0.05, 0.1) is 26.4 Å². The monoisotopic (exact) mass is 1600 g/mol. The number of carbonyl (C=O) groups is 4. The maximum Gasteiger partial charge on any atom is 0.472 e. The van der Waals surface area contributed by atoms with Crippen LogP contribution in [0.25, 0.3) is 0 Å². The minimum absolute atomic E-state index is 0.0862. The molecule has 0 spiro atoms. The fourth-order valence-corrected chi connectivity index (χ4v) is 15.4. The predicted molar refractivity (Wildman–Crippen MR) is 455 cm³/mol. The van der Waals surface area contributed by atoms with Gasteiger partial charge in [-0.25, -0.2) is 9.13 Å². The van der Waals surface area contributed by atoms with Gasteiger partial charge >= 0.3 is 39.5 Å². The van der Waals surface area contributed by atoms with E-state index in [1.54, 1.807) is 0 Å². The molecule has 0 saturated heterocycles. The van der Waals surface area contributed by atoms with Crippen molar-refractivity contribution in [2.45, 2.75) is 495 Å². The number of aliphatic hydroxyl groups is 1. The molecule has 0 aliphatic carbocycles.